The molecular formula is C8H11N2+. The quantitative estimate of drug-likeness (QED) is 0.467. The van der Waals surface area contributed by atoms with Crippen molar-refractivity contribution in [1.82, 2.24) is 4.57 Å². The number of aromatic nitrogens is 1. The Morgan fingerprint density at radius 3 is 3.10 bits per heavy atom. The summed E-state index contributed by atoms with van der Waals surface area (Å²) in [7, 11) is 4.17. The fourth-order valence-electron chi connectivity index (χ4n) is 1.53. The van der Waals surface area contributed by atoms with Gasteiger partial charge in [0.25, 0.3) is 5.82 Å². The third-order valence-electron chi connectivity index (χ3n) is 2.04. The molecular weight excluding hydrogens is 124 g/mol. The third-order valence-corrected chi connectivity index (χ3v) is 2.04. The number of hydrogen-bond donors (Lipinski definition) is 0. The van der Waals surface area contributed by atoms with Gasteiger partial charge in [-0.2, -0.15) is 0 Å². The lowest BCUT2D eigenvalue weighted by atomic mass is 10.3. The average molecular weight is 135 g/mol. The van der Waals surface area contributed by atoms with Gasteiger partial charge in [0.1, 0.15) is 0 Å². The average Bonchev–Trinajstić information content (AvgIpc) is 2.40. The van der Waals surface area contributed by atoms with Crippen LogP contribution in [0.3, 0.4) is 0 Å². The van der Waals surface area contributed by atoms with Crippen LogP contribution in [0.15, 0.2) is 12.3 Å². The maximum atomic E-state index is 2.20. The highest BCUT2D eigenvalue weighted by Crippen LogP contribution is 2.22. The van der Waals surface area contributed by atoms with E-state index in [1.165, 1.54) is 11.4 Å². The van der Waals surface area contributed by atoms with Crippen LogP contribution in [0.4, 0.5) is 5.82 Å². The minimum Gasteiger partial charge on any atom is -0.240 e. The minimum absolute atomic E-state index is 1.09. The van der Waals surface area contributed by atoms with E-state index >= 15 is 0 Å². The first-order valence-electron chi connectivity index (χ1n) is 3.49. The largest absolute Gasteiger partial charge is 0.284 e. The molecule has 1 aliphatic rings. The molecule has 0 spiro atoms. The van der Waals surface area contributed by atoms with Crippen LogP contribution in [0.1, 0.15) is 5.56 Å². The highest BCUT2D eigenvalue weighted by atomic mass is 15.1. The fourth-order valence-corrected chi connectivity index (χ4v) is 1.53. The molecule has 0 unspecified atom stereocenters. The summed E-state index contributed by atoms with van der Waals surface area (Å²) < 4.78 is 4.33. The van der Waals surface area contributed by atoms with Crippen LogP contribution in [0.5, 0.6) is 0 Å². The van der Waals surface area contributed by atoms with Crippen molar-refractivity contribution >= 4 is 12.0 Å². The van der Waals surface area contributed by atoms with Gasteiger partial charge in [0.05, 0.1) is 32.1 Å². The lowest BCUT2D eigenvalue weighted by Crippen LogP contribution is -1.98. The van der Waals surface area contributed by atoms with Crippen LogP contribution in [-0.4, -0.2) is 22.4 Å². The van der Waals surface area contributed by atoms with E-state index in [0.717, 1.165) is 6.42 Å². The Labute approximate surface area is 60.4 Å². The number of hydrogen-bond acceptors (Lipinski definition) is 0. The molecule has 1 aliphatic heterocycles. The van der Waals surface area contributed by atoms with Crippen LogP contribution >= 0.6 is 0 Å². The molecule has 1 aromatic heterocycles. The number of rotatable bonds is 0. The van der Waals surface area contributed by atoms with Crippen molar-refractivity contribution in [3.63, 3.8) is 0 Å². The van der Waals surface area contributed by atoms with Crippen molar-refractivity contribution < 1.29 is 4.58 Å². The second-order valence-electron chi connectivity index (χ2n) is 2.77. The Morgan fingerprint density at radius 1 is 1.60 bits per heavy atom. The first-order valence-corrected chi connectivity index (χ1v) is 3.49. The van der Waals surface area contributed by atoms with E-state index in [4.69, 9.17) is 0 Å². The maximum Gasteiger partial charge on any atom is 0.284 e. The number of fused-ring (bicyclic) bond motifs is 1. The van der Waals surface area contributed by atoms with Crippen molar-refractivity contribution in [2.24, 2.45) is 7.05 Å². The first-order chi connectivity index (χ1) is 4.79. The molecule has 2 nitrogen and oxygen atoms in total. The normalized spacial score (nSPS) is 15.2. The summed E-state index contributed by atoms with van der Waals surface area (Å²) in [5, 5.41) is 0. The van der Waals surface area contributed by atoms with Crippen molar-refractivity contribution in [1.29, 1.82) is 0 Å². The Balaban J connectivity index is 2.66. The summed E-state index contributed by atoms with van der Waals surface area (Å²) in [5.74, 6) is 1.33. The molecule has 0 aromatic carbocycles. The molecule has 0 bridgehead atoms. The monoisotopic (exact) mass is 135 g/mol. The highest BCUT2D eigenvalue weighted by molar-refractivity contribution is 5.65. The molecule has 0 fully saturated rings. The maximum absolute atomic E-state index is 2.20. The van der Waals surface area contributed by atoms with E-state index in [1.54, 1.807) is 0 Å². The zero-order valence-electron chi connectivity index (χ0n) is 6.33. The Kier molecular flexibility index (Phi) is 0.982. The molecule has 2 heteroatoms. The number of nitrogens with zero attached hydrogens (tertiary/aromatic N) is 2. The van der Waals surface area contributed by atoms with Crippen molar-refractivity contribution in [3.05, 3.63) is 17.8 Å². The lowest BCUT2D eigenvalue weighted by molar-refractivity contribution is -0.403. The van der Waals surface area contributed by atoms with Gasteiger partial charge in [0, 0.05) is 6.42 Å². The molecule has 0 saturated heterocycles. The minimum atomic E-state index is 1.09. The van der Waals surface area contributed by atoms with E-state index < -0.39 is 0 Å². The SMILES string of the molecule is Cn1ccc2c1[N+](C)=CC2. The van der Waals surface area contributed by atoms with E-state index in [2.05, 4.69) is 41.7 Å². The second kappa shape index (κ2) is 1.72. The first kappa shape index (κ1) is 5.71. The predicted octanol–water partition coefficient (Wildman–Crippen LogP) is 0.926. The molecule has 52 valence electrons. The molecule has 10 heavy (non-hydrogen) atoms. The van der Waals surface area contributed by atoms with Crippen LogP contribution < -0.4 is 0 Å². The van der Waals surface area contributed by atoms with E-state index in [0.29, 0.717) is 0 Å². The summed E-state index contributed by atoms with van der Waals surface area (Å²) in [4.78, 5) is 0. The van der Waals surface area contributed by atoms with Gasteiger partial charge in [-0.3, -0.25) is 0 Å². The van der Waals surface area contributed by atoms with E-state index in [-0.39, 0.29) is 0 Å². The van der Waals surface area contributed by atoms with E-state index in [1.807, 2.05) is 0 Å². The topological polar surface area (TPSA) is 7.94 Å². The highest BCUT2D eigenvalue weighted by Gasteiger charge is 2.20. The van der Waals surface area contributed by atoms with Gasteiger partial charge in [-0.1, -0.05) is 0 Å². The van der Waals surface area contributed by atoms with Crippen molar-refractivity contribution in [2.45, 2.75) is 6.42 Å². The lowest BCUT2D eigenvalue weighted by Gasteiger charge is -1.92. The smallest absolute Gasteiger partial charge is 0.240 e. The fraction of sp³-hybridized carbons (Fsp3) is 0.375. The Morgan fingerprint density at radius 2 is 2.40 bits per heavy atom. The summed E-state index contributed by atoms with van der Waals surface area (Å²) in [6.07, 6.45) is 5.39. The summed E-state index contributed by atoms with van der Waals surface area (Å²) in [5.41, 5.74) is 1.44. The standard InChI is InChI=1S/C8H11N2/c1-9-5-3-7-4-6-10(2)8(7)9/h3,5-6H,4H2,1-2H3/q+1. The second-order valence-corrected chi connectivity index (χ2v) is 2.77. The zero-order valence-corrected chi connectivity index (χ0v) is 6.33. The molecule has 2 heterocycles. The van der Waals surface area contributed by atoms with Gasteiger partial charge >= 0.3 is 0 Å². The molecule has 1 aromatic rings. The predicted molar refractivity (Wildman–Crippen MR) is 41.0 cm³/mol. The van der Waals surface area contributed by atoms with Crippen molar-refractivity contribution in [3.8, 4) is 0 Å². The van der Waals surface area contributed by atoms with Crippen LogP contribution in [-0.2, 0) is 13.5 Å². The molecule has 2 rings (SSSR count). The molecule has 0 radical (unpaired) electrons. The van der Waals surface area contributed by atoms with E-state index in [9.17, 15) is 0 Å². The molecule has 0 saturated carbocycles. The van der Waals surface area contributed by atoms with Crippen molar-refractivity contribution in [2.75, 3.05) is 7.05 Å². The van der Waals surface area contributed by atoms with Gasteiger partial charge in [0.2, 0.25) is 0 Å². The summed E-state index contributed by atoms with van der Waals surface area (Å²) in [6.45, 7) is 0. The van der Waals surface area contributed by atoms with Crippen LogP contribution in [0.2, 0.25) is 0 Å². The number of aryl methyl sites for hydroxylation is 1. The molecule has 0 atom stereocenters. The van der Waals surface area contributed by atoms with Crippen LogP contribution in [0.25, 0.3) is 0 Å². The summed E-state index contributed by atoms with van der Waals surface area (Å²) >= 11 is 0. The third kappa shape index (κ3) is 0.561. The summed E-state index contributed by atoms with van der Waals surface area (Å²) in [6, 6.07) is 2.18. The molecule has 0 amide bonds. The molecule has 0 N–H and O–H groups in total. The van der Waals surface area contributed by atoms with Gasteiger partial charge in [-0.05, 0) is 6.07 Å². The Hall–Kier alpha value is -1.05. The van der Waals surface area contributed by atoms with Crippen LogP contribution in [0, 0.1) is 0 Å². The zero-order chi connectivity index (χ0) is 7.14. The van der Waals surface area contributed by atoms with Gasteiger partial charge < -0.3 is 0 Å². The van der Waals surface area contributed by atoms with Gasteiger partial charge in [-0.25, -0.2) is 9.14 Å². The Bertz CT molecular complexity index is 294. The van der Waals surface area contributed by atoms with Gasteiger partial charge in [-0.15, -0.1) is 0 Å². The molecule has 0 aliphatic carbocycles. The van der Waals surface area contributed by atoms with Gasteiger partial charge in [0.15, 0.2) is 0 Å².